The van der Waals surface area contributed by atoms with Gasteiger partial charge >= 0.3 is 0 Å². The third kappa shape index (κ3) is 2.59. The van der Waals surface area contributed by atoms with Gasteiger partial charge in [-0.2, -0.15) is 0 Å². The molecular formula is C21H15BrFN2O. The molecule has 0 atom stereocenters. The topological polar surface area (TPSA) is 38.1 Å². The second-order valence-electron chi connectivity index (χ2n) is 5.91. The van der Waals surface area contributed by atoms with Crippen molar-refractivity contribution in [3.05, 3.63) is 83.8 Å². The van der Waals surface area contributed by atoms with Gasteiger partial charge in [-0.1, -0.05) is 30.3 Å². The highest BCUT2D eigenvalue weighted by Crippen LogP contribution is 2.44. The van der Waals surface area contributed by atoms with Crippen LogP contribution in [0.1, 0.15) is 5.69 Å². The quantitative estimate of drug-likeness (QED) is 0.472. The third-order valence-electron chi connectivity index (χ3n) is 4.39. The van der Waals surface area contributed by atoms with Crippen molar-refractivity contribution in [3.8, 4) is 22.6 Å². The van der Waals surface area contributed by atoms with Crippen LogP contribution < -0.4 is 0 Å². The van der Waals surface area contributed by atoms with E-state index in [-0.39, 0.29) is 11.6 Å². The van der Waals surface area contributed by atoms with Crippen LogP contribution in [-0.4, -0.2) is 14.7 Å². The fourth-order valence-electron chi connectivity index (χ4n) is 3.16. The summed E-state index contributed by atoms with van der Waals surface area (Å²) < 4.78 is 16.1. The Balaban J connectivity index is 2.13. The fraction of sp³-hybridized carbons (Fsp3) is 0.0476. The molecule has 0 fully saturated rings. The number of aromatic hydroxyl groups is 1. The van der Waals surface area contributed by atoms with Crippen molar-refractivity contribution in [3.63, 3.8) is 0 Å². The van der Waals surface area contributed by atoms with Gasteiger partial charge in [0.05, 0.1) is 27.4 Å². The van der Waals surface area contributed by atoms with Gasteiger partial charge in [-0.15, -0.1) is 0 Å². The maximum Gasteiger partial charge on any atom is 0.147 e. The van der Waals surface area contributed by atoms with Crippen LogP contribution in [0.4, 0.5) is 4.39 Å². The third-order valence-corrected chi connectivity index (χ3v) is 5.14. The Bertz CT molecular complexity index is 1090. The molecule has 0 spiro atoms. The molecule has 26 heavy (non-hydrogen) atoms. The molecule has 4 rings (SSSR count). The number of hydrogen-bond donors (Lipinski definition) is 1. The first-order valence-electron chi connectivity index (χ1n) is 8.13. The number of aromatic nitrogens is 2. The summed E-state index contributed by atoms with van der Waals surface area (Å²) in [5.41, 5.74) is 3.87. The Morgan fingerprint density at radius 1 is 1.08 bits per heavy atom. The minimum absolute atomic E-state index is 0.123. The highest BCUT2D eigenvalue weighted by Gasteiger charge is 2.22. The zero-order valence-electron chi connectivity index (χ0n) is 13.8. The maximum atomic E-state index is 13.4. The largest absolute Gasteiger partial charge is 0.505 e. The summed E-state index contributed by atoms with van der Waals surface area (Å²) in [4.78, 5) is 4.35. The van der Waals surface area contributed by atoms with Crippen molar-refractivity contribution in [2.75, 3.05) is 0 Å². The maximum absolute atomic E-state index is 13.4. The van der Waals surface area contributed by atoms with E-state index in [4.69, 9.17) is 0 Å². The van der Waals surface area contributed by atoms with E-state index >= 15 is 0 Å². The standard InChI is InChI=1S/C21H15BrFN2O/c1-2-16-20(26)19-17(12-24-16)25(15-10-8-14(23)9-11-15)21(22)18(19)13-6-4-3-5-7-13/h3-12,26H,1-2H2. The van der Waals surface area contributed by atoms with E-state index < -0.39 is 0 Å². The lowest BCUT2D eigenvalue weighted by molar-refractivity contribution is 0.472. The zero-order valence-corrected chi connectivity index (χ0v) is 15.4. The molecule has 0 aliphatic heterocycles. The lowest BCUT2D eigenvalue weighted by atomic mass is 10.0. The molecule has 1 N–H and O–H groups in total. The molecule has 2 aromatic carbocycles. The molecule has 0 saturated carbocycles. The monoisotopic (exact) mass is 409 g/mol. The minimum atomic E-state index is -0.301. The molecule has 3 nitrogen and oxygen atoms in total. The summed E-state index contributed by atoms with van der Waals surface area (Å²) in [6, 6.07) is 16.0. The van der Waals surface area contributed by atoms with Gasteiger partial charge in [0.25, 0.3) is 0 Å². The molecule has 2 aromatic heterocycles. The SMILES string of the molecule is [CH2]Cc1ncc2c(c1O)c(-c1ccccc1)c(Br)n2-c1ccc(F)cc1. The minimum Gasteiger partial charge on any atom is -0.505 e. The van der Waals surface area contributed by atoms with Gasteiger partial charge in [0, 0.05) is 11.3 Å². The van der Waals surface area contributed by atoms with Gasteiger partial charge in [0.2, 0.25) is 0 Å². The second kappa shape index (κ2) is 6.57. The molecule has 0 bridgehead atoms. The molecule has 1 radical (unpaired) electrons. The smallest absolute Gasteiger partial charge is 0.147 e. The average Bonchev–Trinajstić information content (AvgIpc) is 2.96. The number of rotatable bonds is 3. The highest BCUT2D eigenvalue weighted by molar-refractivity contribution is 9.10. The van der Waals surface area contributed by atoms with Gasteiger partial charge in [-0.05, 0) is 59.1 Å². The Hall–Kier alpha value is -2.66. The Morgan fingerprint density at radius 2 is 1.77 bits per heavy atom. The average molecular weight is 410 g/mol. The van der Waals surface area contributed by atoms with Crippen molar-refractivity contribution in [2.24, 2.45) is 0 Å². The van der Waals surface area contributed by atoms with Crippen molar-refractivity contribution < 1.29 is 9.50 Å². The van der Waals surface area contributed by atoms with Gasteiger partial charge in [-0.3, -0.25) is 4.98 Å². The fourth-order valence-corrected chi connectivity index (χ4v) is 3.98. The molecule has 0 unspecified atom stereocenters. The van der Waals surface area contributed by atoms with Crippen LogP contribution in [0, 0.1) is 12.7 Å². The first-order chi connectivity index (χ1) is 12.6. The van der Waals surface area contributed by atoms with Gasteiger partial charge in [-0.25, -0.2) is 4.39 Å². The predicted octanol–water partition coefficient (Wildman–Crippen LogP) is 5.68. The van der Waals surface area contributed by atoms with Crippen molar-refractivity contribution >= 4 is 26.8 Å². The Kier molecular flexibility index (Phi) is 4.24. The van der Waals surface area contributed by atoms with Gasteiger partial charge in [0.1, 0.15) is 11.6 Å². The molecule has 2 heterocycles. The summed E-state index contributed by atoms with van der Waals surface area (Å²) in [5, 5.41) is 11.5. The molecule has 0 amide bonds. The van der Waals surface area contributed by atoms with Crippen molar-refractivity contribution in [1.29, 1.82) is 0 Å². The van der Waals surface area contributed by atoms with E-state index in [1.165, 1.54) is 12.1 Å². The Labute approximate surface area is 158 Å². The van der Waals surface area contributed by atoms with Crippen LogP contribution in [0.25, 0.3) is 27.7 Å². The second-order valence-corrected chi connectivity index (χ2v) is 6.66. The number of halogens is 2. The normalized spacial score (nSPS) is 11.2. The van der Waals surface area contributed by atoms with E-state index in [2.05, 4.69) is 27.8 Å². The van der Waals surface area contributed by atoms with Crippen LogP contribution in [0.5, 0.6) is 5.75 Å². The molecule has 129 valence electrons. The van der Waals surface area contributed by atoms with Gasteiger partial charge < -0.3 is 9.67 Å². The first-order valence-corrected chi connectivity index (χ1v) is 8.92. The lowest BCUT2D eigenvalue weighted by Crippen LogP contribution is -1.96. The first kappa shape index (κ1) is 16.8. The Morgan fingerprint density at radius 3 is 2.42 bits per heavy atom. The highest BCUT2D eigenvalue weighted by atomic mass is 79.9. The molecule has 0 aliphatic carbocycles. The van der Waals surface area contributed by atoms with Crippen LogP contribution in [0.2, 0.25) is 0 Å². The van der Waals surface area contributed by atoms with E-state index in [9.17, 15) is 9.50 Å². The summed E-state index contributed by atoms with van der Waals surface area (Å²) in [5.74, 6) is -0.178. The van der Waals surface area contributed by atoms with Crippen molar-refractivity contribution in [2.45, 2.75) is 6.42 Å². The van der Waals surface area contributed by atoms with Crippen LogP contribution in [-0.2, 0) is 6.42 Å². The summed E-state index contributed by atoms with van der Waals surface area (Å²) in [7, 11) is 0. The van der Waals surface area contributed by atoms with Gasteiger partial charge in [0.15, 0.2) is 0 Å². The van der Waals surface area contributed by atoms with Crippen LogP contribution >= 0.6 is 15.9 Å². The number of fused-ring (bicyclic) bond motifs is 1. The van der Waals surface area contributed by atoms with Crippen molar-refractivity contribution in [1.82, 2.24) is 9.55 Å². The van der Waals surface area contributed by atoms with E-state index in [1.54, 1.807) is 18.3 Å². The molecule has 5 heteroatoms. The number of benzene rings is 2. The summed E-state index contributed by atoms with van der Waals surface area (Å²) in [6.45, 7) is 3.84. The molecule has 0 saturated heterocycles. The molecule has 0 aliphatic rings. The predicted molar refractivity (Wildman–Crippen MR) is 105 cm³/mol. The zero-order chi connectivity index (χ0) is 18.3. The van der Waals surface area contributed by atoms with Crippen LogP contribution in [0.3, 0.4) is 0 Å². The number of pyridine rings is 1. The van der Waals surface area contributed by atoms with E-state index in [0.29, 0.717) is 17.5 Å². The van der Waals surface area contributed by atoms with E-state index in [1.807, 2.05) is 34.9 Å². The molecule has 4 aromatic rings. The lowest BCUT2D eigenvalue weighted by Gasteiger charge is -2.08. The van der Waals surface area contributed by atoms with E-state index in [0.717, 1.165) is 26.9 Å². The number of nitrogens with zero attached hydrogens (tertiary/aromatic N) is 2. The number of hydrogen-bond acceptors (Lipinski definition) is 2. The molecular weight excluding hydrogens is 395 g/mol. The summed E-state index contributed by atoms with van der Waals surface area (Å²) in [6.07, 6.45) is 2.10. The van der Waals surface area contributed by atoms with Crippen LogP contribution in [0.15, 0.2) is 65.4 Å². The summed E-state index contributed by atoms with van der Waals surface area (Å²) >= 11 is 3.68.